The van der Waals surface area contributed by atoms with Crippen molar-refractivity contribution < 1.29 is 5.11 Å². The zero-order valence-corrected chi connectivity index (χ0v) is 10.7. The largest absolute Gasteiger partial charge is 0.508 e. The van der Waals surface area contributed by atoms with Crippen molar-refractivity contribution in [2.75, 3.05) is 5.32 Å². The number of phenols is 1. The summed E-state index contributed by atoms with van der Waals surface area (Å²) < 4.78 is 0.868. The molecule has 1 aromatic heterocycles. The normalized spacial score (nSPS) is 18.1. The smallest absolute Gasteiger partial charge is 0.115 e. The van der Waals surface area contributed by atoms with Crippen LogP contribution in [0.15, 0.2) is 30.3 Å². The van der Waals surface area contributed by atoms with Crippen LogP contribution in [0.25, 0.3) is 0 Å². The zero-order valence-electron chi connectivity index (χ0n) is 9.11. The molecule has 3 rings (SSSR count). The van der Waals surface area contributed by atoms with Crippen LogP contribution in [0.5, 0.6) is 5.75 Å². The van der Waals surface area contributed by atoms with Gasteiger partial charge in [-0.3, -0.25) is 0 Å². The summed E-state index contributed by atoms with van der Waals surface area (Å²) in [6, 6.07) is 9.57. The van der Waals surface area contributed by atoms with E-state index in [4.69, 9.17) is 11.6 Å². The molecule has 1 aromatic carbocycles. The lowest BCUT2D eigenvalue weighted by atomic mass is 10.1. The van der Waals surface area contributed by atoms with Crippen LogP contribution in [0, 0.1) is 0 Å². The lowest BCUT2D eigenvalue weighted by Gasteiger charge is -2.14. The van der Waals surface area contributed by atoms with Crippen molar-refractivity contribution in [3.05, 3.63) is 45.1 Å². The van der Waals surface area contributed by atoms with Crippen LogP contribution < -0.4 is 5.32 Å². The number of aromatic hydroxyl groups is 1. The van der Waals surface area contributed by atoms with Crippen LogP contribution >= 0.6 is 22.9 Å². The molecule has 2 nitrogen and oxygen atoms in total. The van der Waals surface area contributed by atoms with Crippen LogP contribution in [-0.2, 0) is 6.42 Å². The third kappa shape index (κ3) is 2.13. The molecule has 17 heavy (non-hydrogen) atoms. The Balaban J connectivity index is 1.81. The molecule has 88 valence electrons. The van der Waals surface area contributed by atoms with Crippen molar-refractivity contribution in [1.82, 2.24) is 0 Å². The molecule has 0 amide bonds. The Morgan fingerprint density at radius 3 is 2.82 bits per heavy atom. The highest BCUT2D eigenvalue weighted by molar-refractivity contribution is 7.16. The Kier molecular flexibility index (Phi) is 2.73. The molecule has 0 radical (unpaired) electrons. The Bertz CT molecular complexity index is 535. The second-order valence-electron chi connectivity index (χ2n) is 4.21. The van der Waals surface area contributed by atoms with Crippen molar-refractivity contribution in [2.45, 2.75) is 18.9 Å². The number of nitrogens with one attached hydrogen (secondary N) is 1. The molecule has 0 aliphatic heterocycles. The van der Waals surface area contributed by atoms with Gasteiger partial charge in [0.05, 0.1) is 10.4 Å². The fourth-order valence-corrected chi connectivity index (χ4v) is 3.60. The summed E-state index contributed by atoms with van der Waals surface area (Å²) in [4.78, 5) is 1.39. The van der Waals surface area contributed by atoms with E-state index < -0.39 is 0 Å². The van der Waals surface area contributed by atoms with Gasteiger partial charge in [-0.25, -0.2) is 0 Å². The number of thiophene rings is 1. The average Bonchev–Trinajstić information content (AvgIpc) is 2.83. The van der Waals surface area contributed by atoms with Crippen LogP contribution in [0.1, 0.15) is 22.9 Å². The molecule has 1 aliphatic rings. The molecule has 0 saturated heterocycles. The Morgan fingerprint density at radius 1 is 1.29 bits per heavy atom. The lowest BCUT2D eigenvalue weighted by Crippen LogP contribution is -2.06. The van der Waals surface area contributed by atoms with Crippen molar-refractivity contribution in [3.63, 3.8) is 0 Å². The number of aryl methyl sites for hydroxylation is 1. The van der Waals surface area contributed by atoms with Gasteiger partial charge in [-0.05, 0) is 48.7 Å². The van der Waals surface area contributed by atoms with Gasteiger partial charge in [0.2, 0.25) is 0 Å². The maximum Gasteiger partial charge on any atom is 0.115 e. The third-order valence-corrected chi connectivity index (χ3v) is 4.39. The Labute approximate surface area is 109 Å². The first-order valence-electron chi connectivity index (χ1n) is 5.56. The van der Waals surface area contributed by atoms with Gasteiger partial charge < -0.3 is 10.4 Å². The van der Waals surface area contributed by atoms with E-state index in [-0.39, 0.29) is 0 Å². The molecule has 2 N–H and O–H groups in total. The van der Waals surface area contributed by atoms with Crippen LogP contribution in [0.2, 0.25) is 4.34 Å². The second kappa shape index (κ2) is 4.24. The second-order valence-corrected chi connectivity index (χ2v) is 5.98. The monoisotopic (exact) mass is 265 g/mol. The number of anilines is 1. The predicted molar refractivity (Wildman–Crippen MR) is 72.1 cm³/mol. The third-order valence-electron chi connectivity index (χ3n) is 3.06. The minimum atomic E-state index is 0.293. The average molecular weight is 266 g/mol. The van der Waals surface area contributed by atoms with Crippen molar-refractivity contribution >= 4 is 28.6 Å². The molecule has 1 aliphatic carbocycles. The van der Waals surface area contributed by atoms with Gasteiger partial charge in [0.15, 0.2) is 0 Å². The molecule has 1 unspecified atom stereocenters. The van der Waals surface area contributed by atoms with Crippen molar-refractivity contribution in [3.8, 4) is 5.75 Å². The summed E-state index contributed by atoms with van der Waals surface area (Å²) in [7, 11) is 0. The maximum absolute atomic E-state index is 9.24. The van der Waals surface area contributed by atoms with Crippen LogP contribution in [-0.4, -0.2) is 5.11 Å². The summed E-state index contributed by atoms with van der Waals surface area (Å²) in [6.45, 7) is 0. The zero-order chi connectivity index (χ0) is 11.8. The lowest BCUT2D eigenvalue weighted by molar-refractivity contribution is 0.475. The summed E-state index contributed by atoms with van der Waals surface area (Å²) in [5.74, 6) is 0.293. The number of benzene rings is 1. The van der Waals surface area contributed by atoms with E-state index in [9.17, 15) is 5.11 Å². The summed E-state index contributed by atoms with van der Waals surface area (Å²) in [6.07, 6.45) is 2.21. The van der Waals surface area contributed by atoms with Crippen molar-refractivity contribution in [2.24, 2.45) is 0 Å². The summed E-state index contributed by atoms with van der Waals surface area (Å²) in [5, 5.41) is 12.7. The fraction of sp³-hybridized carbons (Fsp3) is 0.231. The number of hydrogen-bond acceptors (Lipinski definition) is 3. The number of phenolic OH excluding ortho intramolecular Hbond substituents is 1. The first kappa shape index (κ1) is 10.9. The first-order valence-corrected chi connectivity index (χ1v) is 6.75. The SMILES string of the molecule is Oc1ccc(NC2CCc3sc(Cl)cc32)cc1. The molecule has 0 fully saturated rings. The van der Waals surface area contributed by atoms with Crippen molar-refractivity contribution in [1.29, 1.82) is 0 Å². The standard InChI is InChI=1S/C13H12ClNOS/c14-13-7-10-11(5-6-12(10)17-13)15-8-1-3-9(16)4-2-8/h1-4,7,11,15-16H,5-6H2. The quantitative estimate of drug-likeness (QED) is 0.798. The van der Waals surface area contributed by atoms with Gasteiger partial charge in [-0.2, -0.15) is 0 Å². The van der Waals surface area contributed by atoms with Gasteiger partial charge in [-0.15, -0.1) is 11.3 Å². The predicted octanol–water partition coefficient (Wildman–Crippen LogP) is 4.21. The maximum atomic E-state index is 9.24. The fourth-order valence-electron chi connectivity index (χ4n) is 2.24. The van der Waals surface area contributed by atoms with E-state index in [1.165, 1.54) is 10.4 Å². The molecule has 0 spiro atoms. The Morgan fingerprint density at radius 2 is 2.06 bits per heavy atom. The molecule has 1 heterocycles. The topological polar surface area (TPSA) is 32.3 Å². The van der Waals surface area contributed by atoms with Crippen LogP contribution in [0.3, 0.4) is 0 Å². The molecule has 4 heteroatoms. The molecular formula is C13H12ClNOS. The molecule has 0 bridgehead atoms. The molecular weight excluding hydrogens is 254 g/mol. The van der Waals surface area contributed by atoms with E-state index in [0.29, 0.717) is 11.8 Å². The van der Waals surface area contributed by atoms with E-state index in [1.807, 2.05) is 12.1 Å². The number of fused-ring (bicyclic) bond motifs is 1. The van der Waals surface area contributed by atoms with Gasteiger partial charge in [0.1, 0.15) is 5.75 Å². The van der Waals surface area contributed by atoms with Crippen LogP contribution in [0.4, 0.5) is 5.69 Å². The van der Waals surface area contributed by atoms with Gasteiger partial charge in [0.25, 0.3) is 0 Å². The minimum absolute atomic E-state index is 0.293. The first-order chi connectivity index (χ1) is 8.22. The van der Waals surface area contributed by atoms with E-state index >= 15 is 0 Å². The van der Waals surface area contributed by atoms with Gasteiger partial charge in [0, 0.05) is 10.6 Å². The highest BCUT2D eigenvalue weighted by Crippen LogP contribution is 2.40. The number of rotatable bonds is 2. The van der Waals surface area contributed by atoms with E-state index in [1.54, 1.807) is 23.5 Å². The Hall–Kier alpha value is -1.19. The highest BCUT2D eigenvalue weighted by Gasteiger charge is 2.24. The molecule has 0 saturated carbocycles. The summed E-state index contributed by atoms with van der Waals surface area (Å²) in [5.41, 5.74) is 2.36. The summed E-state index contributed by atoms with van der Waals surface area (Å²) >= 11 is 7.70. The minimum Gasteiger partial charge on any atom is -0.508 e. The number of hydrogen-bond donors (Lipinski definition) is 2. The highest BCUT2D eigenvalue weighted by atomic mass is 35.5. The molecule has 1 atom stereocenters. The van der Waals surface area contributed by atoms with Gasteiger partial charge in [-0.1, -0.05) is 11.6 Å². The van der Waals surface area contributed by atoms with E-state index in [2.05, 4.69) is 11.4 Å². The van der Waals surface area contributed by atoms with E-state index in [0.717, 1.165) is 22.9 Å². The van der Waals surface area contributed by atoms with Gasteiger partial charge >= 0.3 is 0 Å². The molecule has 2 aromatic rings. The number of halogens is 1.